The molecule has 0 aliphatic rings. The summed E-state index contributed by atoms with van der Waals surface area (Å²) < 4.78 is 1.38. The Balaban J connectivity index is 2.58. The fourth-order valence-corrected chi connectivity index (χ4v) is 1.42. The Kier molecular flexibility index (Phi) is 2.26. The average molecular weight is 208 g/mol. The van der Waals surface area contributed by atoms with Crippen LogP contribution in [-0.2, 0) is 4.79 Å². The normalized spacial score (nSPS) is 13.0. The summed E-state index contributed by atoms with van der Waals surface area (Å²) in [7, 11) is 0. The zero-order valence-corrected chi connectivity index (χ0v) is 8.06. The Morgan fingerprint density at radius 3 is 2.93 bits per heavy atom. The number of nitrogens with zero attached hydrogens (tertiary/aromatic N) is 2. The Hall–Kier alpha value is -1.33. The van der Waals surface area contributed by atoms with Gasteiger partial charge in [-0.1, -0.05) is 12.1 Å². The maximum atomic E-state index is 10.9. The van der Waals surface area contributed by atoms with Gasteiger partial charge in [0.15, 0.2) is 0 Å². The number of aliphatic hydroxyl groups is 1. The zero-order valence-electron chi connectivity index (χ0n) is 7.16. The summed E-state index contributed by atoms with van der Waals surface area (Å²) in [6.07, 6.45) is 0.148. The second kappa shape index (κ2) is 3.43. The van der Waals surface area contributed by atoms with E-state index in [2.05, 4.69) is 17.6 Å². The third-order valence-corrected chi connectivity index (χ3v) is 2.20. The Morgan fingerprint density at radius 1 is 1.50 bits per heavy atom. The van der Waals surface area contributed by atoms with Crippen LogP contribution < -0.4 is 0 Å². The van der Waals surface area contributed by atoms with Crippen LogP contribution in [0.2, 0.25) is 0 Å². The number of aliphatic hydroxyl groups excluding tert-OH is 1. The zero-order chi connectivity index (χ0) is 10.1. The van der Waals surface area contributed by atoms with Gasteiger partial charge in [-0.05, 0) is 12.1 Å². The van der Waals surface area contributed by atoms with Gasteiger partial charge >= 0.3 is 0 Å². The summed E-state index contributed by atoms with van der Waals surface area (Å²) in [6, 6.07) is 7.24. The molecular weight excluding hydrogens is 200 g/mol. The molecule has 0 aliphatic carbocycles. The highest BCUT2D eigenvalue weighted by molar-refractivity contribution is 7.96. The maximum Gasteiger partial charge on any atom is 0.235 e. The molecule has 0 amide bonds. The molecule has 72 valence electrons. The van der Waals surface area contributed by atoms with Crippen LogP contribution in [0.3, 0.4) is 0 Å². The molecule has 4 nitrogen and oxygen atoms in total. The topological polar surface area (TPSA) is 55.1 Å². The van der Waals surface area contributed by atoms with E-state index in [9.17, 15) is 9.90 Å². The van der Waals surface area contributed by atoms with Gasteiger partial charge < -0.3 is 5.11 Å². The van der Waals surface area contributed by atoms with E-state index in [4.69, 9.17) is 0 Å². The molecule has 0 saturated carbocycles. The van der Waals surface area contributed by atoms with Gasteiger partial charge in [-0.3, -0.25) is 9.36 Å². The first-order valence-electron chi connectivity index (χ1n) is 4.02. The van der Waals surface area contributed by atoms with Crippen LogP contribution in [0.5, 0.6) is 0 Å². The molecule has 0 fully saturated rings. The number of hydrogen-bond donors (Lipinski definition) is 2. The van der Waals surface area contributed by atoms with Crippen molar-refractivity contribution in [1.29, 1.82) is 0 Å². The van der Waals surface area contributed by atoms with Gasteiger partial charge in [0, 0.05) is 0 Å². The molecule has 0 radical (unpaired) electrons. The van der Waals surface area contributed by atoms with Crippen LogP contribution in [-0.4, -0.2) is 19.8 Å². The van der Waals surface area contributed by atoms with Gasteiger partial charge in [-0.2, -0.15) is 0 Å². The SMILES string of the molecule is O=C(S)C(O)n1cnc2ccccc21. The maximum absolute atomic E-state index is 10.9. The Bertz CT molecular complexity index is 480. The highest BCUT2D eigenvalue weighted by Gasteiger charge is 2.15. The van der Waals surface area contributed by atoms with Gasteiger partial charge in [0.25, 0.3) is 0 Å². The van der Waals surface area contributed by atoms with Crippen LogP contribution in [0, 0.1) is 0 Å². The molecule has 5 heteroatoms. The molecule has 0 aliphatic heterocycles. The van der Waals surface area contributed by atoms with E-state index in [1.54, 1.807) is 6.07 Å². The molecule has 0 saturated heterocycles. The second-order valence-corrected chi connectivity index (χ2v) is 3.29. The summed E-state index contributed by atoms with van der Waals surface area (Å²) >= 11 is 3.57. The van der Waals surface area contributed by atoms with Crippen molar-refractivity contribution in [1.82, 2.24) is 9.55 Å². The minimum atomic E-state index is -1.27. The van der Waals surface area contributed by atoms with Crippen LogP contribution in [0.15, 0.2) is 30.6 Å². The summed E-state index contributed by atoms with van der Waals surface area (Å²) in [6.45, 7) is 0. The molecule has 1 aromatic heterocycles. The molecule has 1 heterocycles. The molecule has 1 unspecified atom stereocenters. The van der Waals surface area contributed by atoms with Crippen molar-refractivity contribution in [2.75, 3.05) is 0 Å². The number of imidazole rings is 1. The molecule has 0 spiro atoms. The predicted molar refractivity (Wildman–Crippen MR) is 55.0 cm³/mol. The van der Waals surface area contributed by atoms with Crippen LogP contribution in [0.25, 0.3) is 11.0 Å². The average Bonchev–Trinajstić information content (AvgIpc) is 2.60. The molecular formula is C9H8N2O2S. The molecule has 1 N–H and O–H groups in total. The lowest BCUT2D eigenvalue weighted by molar-refractivity contribution is -0.121. The molecule has 1 atom stereocenters. The number of para-hydroxylation sites is 2. The summed E-state index contributed by atoms with van der Waals surface area (Å²) in [5, 5.41) is 8.88. The van der Waals surface area contributed by atoms with E-state index in [1.807, 2.05) is 18.2 Å². The van der Waals surface area contributed by atoms with E-state index in [1.165, 1.54) is 10.9 Å². The number of hydrogen-bond acceptors (Lipinski definition) is 3. The first-order valence-corrected chi connectivity index (χ1v) is 4.47. The quantitative estimate of drug-likeness (QED) is 0.723. The molecule has 1 aromatic carbocycles. The van der Waals surface area contributed by atoms with Crippen LogP contribution >= 0.6 is 12.6 Å². The van der Waals surface area contributed by atoms with Crippen molar-refractivity contribution < 1.29 is 9.90 Å². The van der Waals surface area contributed by atoms with Gasteiger partial charge in [-0.25, -0.2) is 4.98 Å². The third kappa shape index (κ3) is 1.40. The van der Waals surface area contributed by atoms with E-state index in [0.717, 1.165) is 5.52 Å². The monoisotopic (exact) mass is 208 g/mol. The fraction of sp³-hybridized carbons (Fsp3) is 0.111. The minimum Gasteiger partial charge on any atom is -0.366 e. The first kappa shape index (κ1) is 9.23. The predicted octanol–water partition coefficient (Wildman–Crippen LogP) is 0.984. The summed E-state index contributed by atoms with van der Waals surface area (Å²) in [5.41, 5.74) is 1.45. The highest BCUT2D eigenvalue weighted by Crippen LogP contribution is 2.16. The summed E-state index contributed by atoms with van der Waals surface area (Å²) in [5.74, 6) is 0. The van der Waals surface area contributed by atoms with E-state index < -0.39 is 11.3 Å². The second-order valence-electron chi connectivity index (χ2n) is 2.85. The third-order valence-electron chi connectivity index (χ3n) is 1.97. The summed E-state index contributed by atoms with van der Waals surface area (Å²) in [4.78, 5) is 14.9. The molecule has 14 heavy (non-hydrogen) atoms. The Labute approximate surface area is 85.6 Å². The lowest BCUT2D eigenvalue weighted by atomic mass is 10.3. The lowest BCUT2D eigenvalue weighted by Gasteiger charge is -2.07. The van der Waals surface area contributed by atoms with Crippen LogP contribution in [0.1, 0.15) is 6.23 Å². The number of rotatable bonds is 2. The number of benzene rings is 1. The van der Waals surface area contributed by atoms with Crippen LogP contribution in [0.4, 0.5) is 0 Å². The van der Waals surface area contributed by atoms with Gasteiger partial charge in [0.1, 0.15) is 0 Å². The standard InChI is InChI=1S/C9H8N2O2S/c12-8(9(13)14)11-5-10-6-3-1-2-4-7(6)11/h1-5,8,12H,(H,13,14). The lowest BCUT2D eigenvalue weighted by Crippen LogP contribution is -2.13. The number of aromatic nitrogens is 2. The number of carbonyl (C=O) groups is 1. The largest absolute Gasteiger partial charge is 0.366 e. The van der Waals surface area contributed by atoms with E-state index in [-0.39, 0.29) is 0 Å². The van der Waals surface area contributed by atoms with Crippen molar-refractivity contribution in [2.24, 2.45) is 0 Å². The molecule has 2 aromatic rings. The number of thiol groups is 1. The van der Waals surface area contributed by atoms with Crippen molar-refractivity contribution in [3.05, 3.63) is 30.6 Å². The first-order chi connectivity index (χ1) is 6.70. The van der Waals surface area contributed by atoms with Gasteiger partial charge in [0.05, 0.1) is 17.4 Å². The van der Waals surface area contributed by atoms with Crippen molar-refractivity contribution in [3.63, 3.8) is 0 Å². The van der Waals surface area contributed by atoms with Crippen molar-refractivity contribution in [3.8, 4) is 0 Å². The van der Waals surface area contributed by atoms with Crippen molar-refractivity contribution >= 4 is 28.8 Å². The molecule has 0 bridgehead atoms. The van der Waals surface area contributed by atoms with Crippen molar-refractivity contribution in [2.45, 2.75) is 6.23 Å². The van der Waals surface area contributed by atoms with Gasteiger partial charge in [0.2, 0.25) is 11.3 Å². The Morgan fingerprint density at radius 2 is 2.21 bits per heavy atom. The van der Waals surface area contributed by atoms with E-state index >= 15 is 0 Å². The fourth-order valence-electron chi connectivity index (χ4n) is 1.29. The highest BCUT2D eigenvalue weighted by atomic mass is 32.1. The number of carbonyl (C=O) groups excluding carboxylic acids is 1. The number of fused-ring (bicyclic) bond motifs is 1. The smallest absolute Gasteiger partial charge is 0.235 e. The molecule has 2 rings (SSSR count). The van der Waals surface area contributed by atoms with Gasteiger partial charge in [-0.15, -0.1) is 12.6 Å². The van der Waals surface area contributed by atoms with E-state index in [0.29, 0.717) is 5.52 Å². The minimum absolute atomic E-state index is 0.604.